The van der Waals surface area contributed by atoms with Crippen LogP contribution < -0.4 is 0 Å². The Hall–Kier alpha value is -1.30. The van der Waals surface area contributed by atoms with Gasteiger partial charge < -0.3 is 5.11 Å². The third-order valence-electron chi connectivity index (χ3n) is 0.817. The quantitative estimate of drug-likeness (QED) is 0.500. The van der Waals surface area contributed by atoms with Crippen molar-refractivity contribution in [3.63, 3.8) is 0 Å². The van der Waals surface area contributed by atoms with E-state index in [4.69, 9.17) is 10.4 Å². The van der Waals surface area contributed by atoms with Crippen molar-refractivity contribution in [1.29, 1.82) is 5.26 Å². The molecule has 0 heterocycles. The number of hydrogen-bond acceptors (Lipinski definition) is 2. The van der Waals surface area contributed by atoms with Crippen molar-refractivity contribution in [3.05, 3.63) is 12.7 Å². The largest absolute Gasteiger partial charge is 0.478 e. The number of carboxylic acid groups (broad SMARTS) is 1. The maximum Gasteiger partial charge on any atom is 0.327 e. The molecule has 11 heavy (non-hydrogen) atoms. The first-order valence-corrected chi connectivity index (χ1v) is 3.41. The van der Waals surface area contributed by atoms with Gasteiger partial charge >= 0.3 is 5.97 Å². The van der Waals surface area contributed by atoms with Gasteiger partial charge in [-0.15, -0.1) is 0 Å². The summed E-state index contributed by atoms with van der Waals surface area (Å²) in [7, 11) is 0. The third kappa shape index (κ3) is 28.5. The molecule has 0 aromatic carbocycles. The number of nitriles is 1. The van der Waals surface area contributed by atoms with Gasteiger partial charge in [-0.3, -0.25) is 0 Å². The molecule has 62 valence electrons. The van der Waals surface area contributed by atoms with Crippen molar-refractivity contribution in [2.45, 2.75) is 26.2 Å². The normalized spacial score (nSPS) is 6.91. The van der Waals surface area contributed by atoms with E-state index in [9.17, 15) is 4.79 Å². The van der Waals surface area contributed by atoms with E-state index in [-0.39, 0.29) is 0 Å². The minimum Gasteiger partial charge on any atom is -0.478 e. The Morgan fingerprint density at radius 3 is 2.36 bits per heavy atom. The minimum absolute atomic E-state index is 0.719. The molecule has 0 aliphatic heterocycles. The highest BCUT2D eigenvalue weighted by Crippen LogP contribution is 1.88. The molecule has 0 saturated carbocycles. The van der Waals surface area contributed by atoms with E-state index in [1.54, 1.807) is 0 Å². The molecular weight excluding hydrogens is 142 g/mol. The van der Waals surface area contributed by atoms with Crippen LogP contribution in [0.25, 0.3) is 0 Å². The van der Waals surface area contributed by atoms with E-state index >= 15 is 0 Å². The standard InChI is InChI=1S/C5H9N.C3H4O2/c1-2-3-4-5-6;1-2-3(4)5/h2-4H2,1H3;2H,1H2,(H,4,5). The predicted octanol–water partition coefficient (Wildman–Crippen LogP) is 1.96. The van der Waals surface area contributed by atoms with Gasteiger partial charge in [-0.05, 0) is 6.42 Å². The zero-order valence-corrected chi connectivity index (χ0v) is 6.71. The molecule has 1 N–H and O–H groups in total. The molecule has 0 aromatic heterocycles. The zero-order chi connectivity index (χ0) is 9.11. The second-order valence-corrected chi connectivity index (χ2v) is 1.80. The fourth-order valence-corrected chi connectivity index (χ4v) is 0.256. The molecule has 0 rings (SSSR count). The Bertz CT molecular complexity index is 147. The van der Waals surface area contributed by atoms with E-state index < -0.39 is 5.97 Å². The molecule has 3 nitrogen and oxygen atoms in total. The molecule has 0 amide bonds. The monoisotopic (exact) mass is 155 g/mol. The average Bonchev–Trinajstić information content (AvgIpc) is 2.02. The number of unbranched alkanes of at least 4 members (excludes halogenated alkanes) is 2. The molecule has 0 aromatic rings. The van der Waals surface area contributed by atoms with Crippen LogP contribution in [-0.2, 0) is 4.79 Å². The topological polar surface area (TPSA) is 61.1 Å². The highest BCUT2D eigenvalue weighted by molar-refractivity contribution is 5.78. The van der Waals surface area contributed by atoms with Crippen LogP contribution in [0.3, 0.4) is 0 Å². The molecule has 0 spiro atoms. The fraction of sp³-hybridized carbons (Fsp3) is 0.500. The van der Waals surface area contributed by atoms with Crippen LogP contribution in [-0.4, -0.2) is 11.1 Å². The highest BCUT2D eigenvalue weighted by atomic mass is 16.4. The van der Waals surface area contributed by atoms with Gasteiger partial charge in [0.1, 0.15) is 0 Å². The number of carbonyl (C=O) groups is 1. The summed E-state index contributed by atoms with van der Waals surface area (Å²) in [6.45, 7) is 5.04. The van der Waals surface area contributed by atoms with Gasteiger partial charge in [0.25, 0.3) is 0 Å². The summed E-state index contributed by atoms with van der Waals surface area (Å²) in [4.78, 5) is 9.25. The molecule has 3 heteroatoms. The van der Waals surface area contributed by atoms with Crippen molar-refractivity contribution in [2.75, 3.05) is 0 Å². The minimum atomic E-state index is -0.981. The lowest BCUT2D eigenvalue weighted by Gasteiger charge is -1.77. The van der Waals surface area contributed by atoms with Gasteiger partial charge in [0.15, 0.2) is 0 Å². The SMILES string of the molecule is C=CC(=O)O.CCCCC#N. The summed E-state index contributed by atoms with van der Waals surface area (Å²) in [5, 5.41) is 15.6. The molecule has 0 aliphatic carbocycles. The van der Waals surface area contributed by atoms with Crippen LogP contribution in [0.15, 0.2) is 12.7 Å². The maximum absolute atomic E-state index is 9.25. The van der Waals surface area contributed by atoms with Crippen LogP contribution in [0, 0.1) is 11.3 Å². The van der Waals surface area contributed by atoms with Gasteiger partial charge in [0.05, 0.1) is 6.07 Å². The third-order valence-corrected chi connectivity index (χ3v) is 0.817. The smallest absolute Gasteiger partial charge is 0.327 e. The first-order valence-electron chi connectivity index (χ1n) is 3.41. The van der Waals surface area contributed by atoms with Gasteiger partial charge in [-0.2, -0.15) is 5.26 Å². The Morgan fingerprint density at radius 2 is 2.27 bits per heavy atom. The maximum atomic E-state index is 9.25. The van der Waals surface area contributed by atoms with Gasteiger partial charge in [0.2, 0.25) is 0 Å². The zero-order valence-electron chi connectivity index (χ0n) is 6.71. The van der Waals surface area contributed by atoms with Crippen LogP contribution in [0.1, 0.15) is 26.2 Å². The first-order chi connectivity index (χ1) is 5.18. The molecule has 0 radical (unpaired) electrons. The first kappa shape index (κ1) is 12.4. The van der Waals surface area contributed by atoms with Crippen LogP contribution in [0.5, 0.6) is 0 Å². The Labute approximate surface area is 67.0 Å². The highest BCUT2D eigenvalue weighted by Gasteiger charge is 1.74. The lowest BCUT2D eigenvalue weighted by atomic mass is 10.3. The fourth-order valence-electron chi connectivity index (χ4n) is 0.256. The lowest BCUT2D eigenvalue weighted by molar-refractivity contribution is -0.131. The molecule has 0 bridgehead atoms. The number of nitrogens with zero attached hydrogens (tertiary/aromatic N) is 1. The average molecular weight is 155 g/mol. The lowest BCUT2D eigenvalue weighted by Crippen LogP contribution is -1.82. The van der Waals surface area contributed by atoms with E-state index in [0.717, 1.165) is 25.3 Å². The van der Waals surface area contributed by atoms with E-state index in [1.807, 2.05) is 0 Å². The van der Waals surface area contributed by atoms with Crippen LogP contribution in [0.4, 0.5) is 0 Å². The summed E-state index contributed by atoms with van der Waals surface area (Å²) in [5.74, 6) is -0.981. The van der Waals surface area contributed by atoms with Crippen LogP contribution in [0.2, 0.25) is 0 Å². The number of carboxylic acids is 1. The van der Waals surface area contributed by atoms with Crippen molar-refractivity contribution >= 4 is 5.97 Å². The summed E-state index contributed by atoms with van der Waals surface area (Å²) < 4.78 is 0. The number of aliphatic carboxylic acids is 1. The van der Waals surface area contributed by atoms with Gasteiger partial charge in [-0.25, -0.2) is 4.79 Å². The molecule has 0 atom stereocenters. The Morgan fingerprint density at radius 1 is 1.82 bits per heavy atom. The number of hydrogen-bond donors (Lipinski definition) is 1. The number of rotatable bonds is 3. The van der Waals surface area contributed by atoms with Crippen molar-refractivity contribution in [1.82, 2.24) is 0 Å². The predicted molar refractivity (Wildman–Crippen MR) is 43.0 cm³/mol. The second kappa shape index (κ2) is 11.5. The van der Waals surface area contributed by atoms with Gasteiger partial charge in [0, 0.05) is 12.5 Å². The van der Waals surface area contributed by atoms with Crippen molar-refractivity contribution in [2.24, 2.45) is 0 Å². The molecule has 0 fully saturated rings. The van der Waals surface area contributed by atoms with Crippen molar-refractivity contribution < 1.29 is 9.90 Å². The summed E-state index contributed by atoms with van der Waals surface area (Å²) >= 11 is 0. The summed E-state index contributed by atoms with van der Waals surface area (Å²) in [5.41, 5.74) is 0. The van der Waals surface area contributed by atoms with Crippen molar-refractivity contribution in [3.8, 4) is 6.07 Å². The summed E-state index contributed by atoms with van der Waals surface area (Å²) in [6, 6.07) is 2.07. The molecule has 0 unspecified atom stereocenters. The van der Waals surface area contributed by atoms with E-state index in [1.165, 1.54) is 0 Å². The Balaban J connectivity index is 0. The van der Waals surface area contributed by atoms with Gasteiger partial charge in [-0.1, -0.05) is 19.9 Å². The molecule has 0 saturated heterocycles. The second-order valence-electron chi connectivity index (χ2n) is 1.80. The van der Waals surface area contributed by atoms with E-state index in [0.29, 0.717) is 0 Å². The van der Waals surface area contributed by atoms with Crippen LogP contribution >= 0.6 is 0 Å². The molecule has 0 aliphatic rings. The Kier molecular flexibility index (Phi) is 12.9. The summed E-state index contributed by atoms with van der Waals surface area (Å²) in [6.07, 6.45) is 3.74. The van der Waals surface area contributed by atoms with E-state index in [2.05, 4.69) is 19.6 Å². The molecular formula is C8H13NO2.